The van der Waals surface area contributed by atoms with Gasteiger partial charge in [0.2, 0.25) is 0 Å². The van der Waals surface area contributed by atoms with Gasteiger partial charge < -0.3 is 5.32 Å². The molecule has 0 saturated carbocycles. The summed E-state index contributed by atoms with van der Waals surface area (Å²) in [6.07, 6.45) is 2.80. The molecule has 0 unspecified atom stereocenters. The Morgan fingerprint density at radius 1 is 1.43 bits per heavy atom. The first-order valence-electron chi connectivity index (χ1n) is 6.08. The van der Waals surface area contributed by atoms with Crippen molar-refractivity contribution in [2.45, 2.75) is 11.4 Å². The van der Waals surface area contributed by atoms with Gasteiger partial charge in [-0.25, -0.2) is 8.42 Å². The summed E-state index contributed by atoms with van der Waals surface area (Å²) in [7, 11) is -1.88. The van der Waals surface area contributed by atoms with Crippen molar-refractivity contribution in [3.05, 3.63) is 40.1 Å². The third kappa shape index (κ3) is 3.97. The Balaban J connectivity index is 2.22. The molecule has 0 aliphatic rings. The van der Waals surface area contributed by atoms with Crippen LogP contribution in [0.5, 0.6) is 0 Å². The number of anilines is 1. The Kier molecular flexibility index (Phi) is 5.26. The van der Waals surface area contributed by atoms with E-state index in [4.69, 9.17) is 11.6 Å². The van der Waals surface area contributed by atoms with Gasteiger partial charge in [0.25, 0.3) is 10.0 Å². The lowest BCUT2D eigenvalue weighted by Crippen LogP contribution is -2.15. The van der Waals surface area contributed by atoms with Crippen molar-refractivity contribution in [1.29, 1.82) is 0 Å². The van der Waals surface area contributed by atoms with Gasteiger partial charge in [-0.2, -0.15) is 5.10 Å². The molecule has 0 spiro atoms. The van der Waals surface area contributed by atoms with Crippen LogP contribution in [0.25, 0.3) is 0 Å². The molecule has 1 aromatic heterocycles. The average Bonchev–Trinajstić information content (AvgIpc) is 2.91. The molecule has 0 atom stereocenters. The maximum absolute atomic E-state index is 12.3. The van der Waals surface area contributed by atoms with Crippen LogP contribution < -0.4 is 10.0 Å². The maximum atomic E-state index is 12.3. The van der Waals surface area contributed by atoms with Crippen LogP contribution in [0.3, 0.4) is 0 Å². The summed E-state index contributed by atoms with van der Waals surface area (Å²) in [5.41, 5.74) is 0.380. The number of rotatable bonds is 6. The second-order valence-electron chi connectivity index (χ2n) is 4.25. The highest BCUT2D eigenvalue weighted by Gasteiger charge is 2.18. The maximum Gasteiger partial charge on any atom is 0.265 e. The lowest BCUT2D eigenvalue weighted by atomic mass is 10.3. The lowest BCUT2D eigenvalue weighted by Gasteiger charge is -2.09. The van der Waals surface area contributed by atoms with Crippen molar-refractivity contribution in [2.24, 2.45) is 0 Å². The molecule has 2 N–H and O–H groups in total. The molecule has 21 heavy (non-hydrogen) atoms. The molecule has 1 heterocycles. The molecular formula is C12H14BrClN4O2S. The monoisotopic (exact) mass is 392 g/mol. The smallest absolute Gasteiger partial charge is 0.265 e. The summed E-state index contributed by atoms with van der Waals surface area (Å²) in [5.74, 6) is 0. The fraction of sp³-hybridized carbons (Fsp3) is 0.250. The molecule has 0 fully saturated rings. The van der Waals surface area contributed by atoms with Crippen LogP contribution in [0, 0.1) is 0 Å². The van der Waals surface area contributed by atoms with Gasteiger partial charge in [-0.15, -0.1) is 0 Å². The molecule has 0 aliphatic carbocycles. The Hall–Kier alpha value is -1.09. The Morgan fingerprint density at radius 2 is 2.19 bits per heavy atom. The van der Waals surface area contributed by atoms with Crippen molar-refractivity contribution < 1.29 is 8.42 Å². The van der Waals surface area contributed by atoms with E-state index in [2.05, 4.69) is 31.1 Å². The molecule has 0 bridgehead atoms. The predicted octanol–water partition coefficient (Wildman–Crippen LogP) is 2.32. The third-order valence-electron chi connectivity index (χ3n) is 2.71. The van der Waals surface area contributed by atoms with E-state index in [0.29, 0.717) is 28.3 Å². The third-order valence-corrected chi connectivity index (χ3v) is 5.42. The van der Waals surface area contributed by atoms with Gasteiger partial charge in [0.1, 0.15) is 4.90 Å². The van der Waals surface area contributed by atoms with Gasteiger partial charge in [0.05, 0.1) is 27.9 Å². The van der Waals surface area contributed by atoms with Crippen LogP contribution in [-0.2, 0) is 16.6 Å². The zero-order valence-corrected chi connectivity index (χ0v) is 14.3. The zero-order chi connectivity index (χ0) is 15.5. The summed E-state index contributed by atoms with van der Waals surface area (Å²) in [4.78, 5) is 0.102. The van der Waals surface area contributed by atoms with Gasteiger partial charge in [-0.3, -0.25) is 9.40 Å². The minimum Gasteiger partial charge on any atom is -0.318 e. The van der Waals surface area contributed by atoms with Gasteiger partial charge >= 0.3 is 0 Å². The standard InChI is InChI=1S/C12H14BrClN4O2S/c1-15-5-6-18-8-9(7-16-18)21(19,20)17-11-4-2-3-10(14)12(11)13/h2-4,7-8,15,17H,5-6H2,1H3. The molecule has 2 aromatic rings. The van der Waals surface area contributed by atoms with Crippen LogP contribution in [-0.4, -0.2) is 31.8 Å². The first-order valence-corrected chi connectivity index (χ1v) is 8.73. The van der Waals surface area contributed by atoms with Crippen molar-refractivity contribution >= 4 is 43.2 Å². The molecule has 1 aromatic carbocycles. The van der Waals surface area contributed by atoms with Gasteiger partial charge in [-0.1, -0.05) is 17.7 Å². The molecule has 0 radical (unpaired) electrons. The molecule has 0 amide bonds. The number of hydrogen-bond donors (Lipinski definition) is 2. The number of nitrogens with one attached hydrogen (secondary N) is 2. The SMILES string of the molecule is CNCCn1cc(S(=O)(=O)Nc2cccc(Cl)c2Br)cn1. The van der Waals surface area contributed by atoms with Crippen LogP contribution in [0.2, 0.25) is 5.02 Å². The van der Waals surface area contributed by atoms with E-state index < -0.39 is 10.0 Å². The fourth-order valence-electron chi connectivity index (χ4n) is 1.62. The van der Waals surface area contributed by atoms with Gasteiger partial charge in [0, 0.05) is 12.7 Å². The summed E-state index contributed by atoms with van der Waals surface area (Å²) in [6.45, 7) is 1.29. The first kappa shape index (κ1) is 16.3. The van der Waals surface area contributed by atoms with Crippen LogP contribution in [0.15, 0.2) is 40.0 Å². The van der Waals surface area contributed by atoms with Crippen LogP contribution in [0.4, 0.5) is 5.69 Å². The van der Waals surface area contributed by atoms with Gasteiger partial charge in [-0.05, 0) is 35.1 Å². The minimum atomic E-state index is -3.70. The van der Waals surface area contributed by atoms with Crippen LogP contribution in [0.1, 0.15) is 0 Å². The molecule has 0 saturated heterocycles. The van der Waals surface area contributed by atoms with E-state index in [-0.39, 0.29) is 4.90 Å². The average molecular weight is 394 g/mol. The van der Waals surface area contributed by atoms with E-state index >= 15 is 0 Å². The number of likely N-dealkylation sites (N-methyl/N-ethyl adjacent to an activating group) is 1. The number of hydrogen-bond acceptors (Lipinski definition) is 4. The highest BCUT2D eigenvalue weighted by atomic mass is 79.9. The first-order chi connectivity index (χ1) is 9.94. The normalized spacial score (nSPS) is 11.6. The number of nitrogens with zero attached hydrogens (tertiary/aromatic N) is 2. The fourth-order valence-corrected chi connectivity index (χ4v) is 3.31. The Morgan fingerprint density at radius 3 is 2.90 bits per heavy atom. The summed E-state index contributed by atoms with van der Waals surface area (Å²) < 4.78 is 29.2. The van der Waals surface area contributed by atoms with E-state index in [1.807, 2.05) is 7.05 Å². The number of sulfonamides is 1. The second kappa shape index (κ2) is 6.78. The summed E-state index contributed by atoms with van der Waals surface area (Å²) in [5, 5.41) is 7.42. The largest absolute Gasteiger partial charge is 0.318 e. The number of halogens is 2. The number of benzene rings is 1. The Bertz CT molecular complexity index is 733. The quantitative estimate of drug-likeness (QED) is 0.790. The topological polar surface area (TPSA) is 76.0 Å². The van der Waals surface area contributed by atoms with Crippen LogP contribution >= 0.6 is 27.5 Å². The molecular weight excluding hydrogens is 380 g/mol. The zero-order valence-electron chi connectivity index (χ0n) is 11.2. The van der Waals surface area contributed by atoms with Crippen molar-refractivity contribution in [1.82, 2.24) is 15.1 Å². The van der Waals surface area contributed by atoms with Gasteiger partial charge in [0.15, 0.2) is 0 Å². The van der Waals surface area contributed by atoms with E-state index in [1.165, 1.54) is 12.4 Å². The van der Waals surface area contributed by atoms with E-state index in [9.17, 15) is 8.42 Å². The summed E-state index contributed by atoms with van der Waals surface area (Å²) >= 11 is 9.20. The Labute approximate surface area is 136 Å². The highest BCUT2D eigenvalue weighted by molar-refractivity contribution is 9.10. The second-order valence-corrected chi connectivity index (χ2v) is 7.13. The lowest BCUT2D eigenvalue weighted by molar-refractivity contribution is 0.582. The van der Waals surface area contributed by atoms with E-state index in [0.717, 1.165) is 0 Å². The van der Waals surface area contributed by atoms with Crippen molar-refractivity contribution in [3.8, 4) is 0 Å². The van der Waals surface area contributed by atoms with Crippen molar-refractivity contribution in [3.63, 3.8) is 0 Å². The van der Waals surface area contributed by atoms with E-state index in [1.54, 1.807) is 22.9 Å². The summed E-state index contributed by atoms with van der Waals surface area (Å²) in [6, 6.07) is 4.96. The molecule has 114 valence electrons. The molecule has 6 nitrogen and oxygen atoms in total. The number of aromatic nitrogens is 2. The van der Waals surface area contributed by atoms with Crippen molar-refractivity contribution in [2.75, 3.05) is 18.3 Å². The minimum absolute atomic E-state index is 0.102. The highest BCUT2D eigenvalue weighted by Crippen LogP contribution is 2.31. The molecule has 9 heteroatoms. The molecule has 0 aliphatic heterocycles. The predicted molar refractivity (Wildman–Crippen MR) is 86.1 cm³/mol. The molecule has 2 rings (SSSR count).